The van der Waals surface area contributed by atoms with Gasteiger partial charge in [-0.15, -0.1) is 0 Å². The van der Waals surface area contributed by atoms with E-state index < -0.39 is 28.2 Å². The summed E-state index contributed by atoms with van der Waals surface area (Å²) < 4.78 is 51.5. The maximum Gasteiger partial charge on any atom is 0.434 e. The average molecular weight is 553 g/mol. The van der Waals surface area contributed by atoms with Gasteiger partial charge in [-0.2, -0.15) is 13.2 Å². The lowest BCUT2D eigenvalue weighted by atomic mass is 10.1. The molecule has 9 nitrogen and oxygen atoms in total. The van der Waals surface area contributed by atoms with E-state index in [2.05, 4.69) is 10.1 Å². The van der Waals surface area contributed by atoms with Crippen molar-refractivity contribution in [1.29, 1.82) is 0 Å². The number of hydrogen-bond acceptors (Lipinski definition) is 7. The third kappa shape index (κ3) is 7.25. The number of nitro benzene ring substituents is 1. The normalized spacial score (nSPS) is 11.6. The van der Waals surface area contributed by atoms with Crippen molar-refractivity contribution >= 4 is 11.5 Å². The van der Waals surface area contributed by atoms with Gasteiger partial charge in [0.2, 0.25) is 5.75 Å². The smallest absolute Gasteiger partial charge is 0.434 e. The number of halogens is 3. The molecule has 0 fully saturated rings. The number of nitrogens with zero attached hydrogens (tertiary/aromatic N) is 3. The fraction of sp³-hybridized carbons (Fsp3) is 0.143. The number of nitro groups is 1. The van der Waals surface area contributed by atoms with Crippen molar-refractivity contribution < 1.29 is 32.4 Å². The number of nitrogens with two attached hydrogens (primary N) is 1. The van der Waals surface area contributed by atoms with E-state index >= 15 is 0 Å². The maximum absolute atomic E-state index is 13.3. The standard InChI is InChI=1S/C28H23F3N4O5/c29-28(30,31)26-22(12-7-13-33-26)27(32)34-40-18-21-14-23(35(36)37)25(39-17-20-10-5-2-6-11-20)24(15-21)38-16-19-8-3-1-4-9-19/h1-15H,16-18H2,(H2,32,34). The van der Waals surface area contributed by atoms with Crippen LogP contribution in [0.1, 0.15) is 27.9 Å². The molecule has 0 bridgehead atoms. The number of aromatic nitrogens is 1. The van der Waals surface area contributed by atoms with Crippen LogP contribution in [0.15, 0.2) is 96.3 Å². The van der Waals surface area contributed by atoms with Crippen LogP contribution < -0.4 is 15.2 Å². The summed E-state index contributed by atoms with van der Waals surface area (Å²) in [4.78, 5) is 19.9. The Morgan fingerprint density at radius 3 is 2.10 bits per heavy atom. The van der Waals surface area contributed by atoms with Gasteiger partial charge in [0, 0.05) is 17.8 Å². The van der Waals surface area contributed by atoms with E-state index in [9.17, 15) is 23.3 Å². The molecule has 12 heteroatoms. The first-order valence-corrected chi connectivity index (χ1v) is 11.8. The topological polar surface area (TPSA) is 122 Å². The van der Waals surface area contributed by atoms with Crippen molar-refractivity contribution in [3.63, 3.8) is 0 Å². The molecule has 0 atom stereocenters. The fourth-order valence-corrected chi connectivity index (χ4v) is 3.64. The zero-order valence-corrected chi connectivity index (χ0v) is 20.9. The number of oxime groups is 1. The highest BCUT2D eigenvalue weighted by molar-refractivity contribution is 5.98. The van der Waals surface area contributed by atoms with Crippen molar-refractivity contribution in [3.05, 3.63) is 129 Å². The predicted octanol–water partition coefficient (Wildman–Crippen LogP) is 6.00. The van der Waals surface area contributed by atoms with Gasteiger partial charge in [0.1, 0.15) is 19.8 Å². The Labute approximate surface area is 226 Å². The van der Waals surface area contributed by atoms with Crippen molar-refractivity contribution in [1.82, 2.24) is 4.98 Å². The van der Waals surface area contributed by atoms with Crippen LogP contribution in [-0.2, 0) is 30.8 Å². The van der Waals surface area contributed by atoms with Gasteiger partial charge in [0.15, 0.2) is 17.3 Å². The highest BCUT2D eigenvalue weighted by Crippen LogP contribution is 2.40. The third-order valence-electron chi connectivity index (χ3n) is 5.50. The molecule has 0 saturated heterocycles. The van der Waals surface area contributed by atoms with E-state index in [1.54, 1.807) is 0 Å². The van der Waals surface area contributed by atoms with Gasteiger partial charge in [-0.1, -0.05) is 65.8 Å². The van der Waals surface area contributed by atoms with Crippen molar-refractivity contribution in [3.8, 4) is 11.5 Å². The number of ether oxygens (including phenoxy) is 2. The first-order valence-electron chi connectivity index (χ1n) is 11.8. The highest BCUT2D eigenvalue weighted by Gasteiger charge is 2.36. The molecule has 4 aromatic rings. The summed E-state index contributed by atoms with van der Waals surface area (Å²) in [5.74, 6) is -0.559. The van der Waals surface area contributed by atoms with E-state index in [0.29, 0.717) is 0 Å². The summed E-state index contributed by atoms with van der Waals surface area (Å²) in [7, 11) is 0. The summed E-state index contributed by atoms with van der Waals surface area (Å²) in [6, 6.07) is 23.3. The van der Waals surface area contributed by atoms with Crippen LogP contribution >= 0.6 is 0 Å². The van der Waals surface area contributed by atoms with Gasteiger partial charge in [-0.05, 0) is 29.3 Å². The Kier molecular flexibility index (Phi) is 8.79. The molecule has 3 aromatic carbocycles. The van der Waals surface area contributed by atoms with Crippen LogP contribution in [0.25, 0.3) is 0 Å². The minimum Gasteiger partial charge on any atom is -0.485 e. The highest BCUT2D eigenvalue weighted by atomic mass is 19.4. The molecule has 0 aliphatic carbocycles. The number of amidine groups is 1. The van der Waals surface area contributed by atoms with Gasteiger partial charge >= 0.3 is 11.9 Å². The average Bonchev–Trinajstić information content (AvgIpc) is 2.95. The van der Waals surface area contributed by atoms with Crippen molar-refractivity contribution in [2.24, 2.45) is 10.9 Å². The monoisotopic (exact) mass is 552 g/mol. The van der Waals surface area contributed by atoms with E-state index in [1.165, 1.54) is 18.2 Å². The minimum absolute atomic E-state index is 0.0483. The zero-order valence-electron chi connectivity index (χ0n) is 20.9. The summed E-state index contributed by atoms with van der Waals surface area (Å²) in [5, 5.41) is 15.6. The van der Waals surface area contributed by atoms with Crippen molar-refractivity contribution in [2.45, 2.75) is 26.0 Å². The predicted molar refractivity (Wildman–Crippen MR) is 139 cm³/mol. The lowest BCUT2D eigenvalue weighted by molar-refractivity contribution is -0.386. The van der Waals surface area contributed by atoms with Gasteiger partial charge in [0.25, 0.3) is 0 Å². The molecule has 0 saturated carbocycles. The molecule has 1 heterocycles. The summed E-state index contributed by atoms with van der Waals surface area (Å²) >= 11 is 0. The molecule has 2 N–H and O–H groups in total. The van der Waals surface area contributed by atoms with Gasteiger partial charge in [-0.25, -0.2) is 0 Å². The summed E-state index contributed by atoms with van der Waals surface area (Å²) in [5.41, 5.74) is 5.52. The van der Waals surface area contributed by atoms with Crippen LogP contribution in [0, 0.1) is 10.1 Å². The second-order valence-electron chi connectivity index (χ2n) is 8.40. The SMILES string of the molecule is N/C(=N\OCc1cc(OCc2ccccc2)c(OCc2ccccc2)c([N+](=O)[O-])c1)c1cccnc1C(F)(F)F. The number of rotatable bonds is 11. The Morgan fingerprint density at radius 2 is 1.50 bits per heavy atom. The summed E-state index contributed by atoms with van der Waals surface area (Å²) in [6.07, 6.45) is -3.77. The number of hydrogen-bond donors (Lipinski definition) is 1. The minimum atomic E-state index is -4.75. The van der Waals surface area contributed by atoms with Crippen LogP contribution in [0.5, 0.6) is 11.5 Å². The molecular formula is C28H23F3N4O5. The number of benzene rings is 3. The zero-order chi connectivity index (χ0) is 28.5. The first-order chi connectivity index (χ1) is 19.2. The lowest BCUT2D eigenvalue weighted by Gasteiger charge is -2.15. The molecule has 0 aliphatic rings. The molecule has 40 heavy (non-hydrogen) atoms. The van der Waals surface area contributed by atoms with E-state index in [4.69, 9.17) is 20.0 Å². The van der Waals surface area contributed by atoms with Crippen LogP contribution in [0.4, 0.5) is 18.9 Å². The molecule has 0 aliphatic heterocycles. The Morgan fingerprint density at radius 1 is 0.875 bits per heavy atom. The molecule has 206 valence electrons. The quantitative estimate of drug-likeness (QED) is 0.105. The second-order valence-corrected chi connectivity index (χ2v) is 8.40. The van der Waals surface area contributed by atoms with Gasteiger partial charge in [0.05, 0.1) is 10.5 Å². The van der Waals surface area contributed by atoms with Gasteiger partial charge < -0.3 is 20.0 Å². The Balaban J connectivity index is 1.60. The number of pyridine rings is 1. The molecule has 4 rings (SSSR count). The maximum atomic E-state index is 13.3. The largest absolute Gasteiger partial charge is 0.485 e. The van der Waals surface area contributed by atoms with Crippen molar-refractivity contribution in [2.75, 3.05) is 0 Å². The van der Waals surface area contributed by atoms with E-state index in [0.717, 1.165) is 23.4 Å². The second kappa shape index (κ2) is 12.6. The fourth-order valence-electron chi connectivity index (χ4n) is 3.64. The molecule has 1 aromatic heterocycles. The van der Waals surface area contributed by atoms with Gasteiger partial charge in [-0.3, -0.25) is 15.1 Å². The summed E-state index contributed by atoms with van der Waals surface area (Å²) in [6.45, 7) is -0.215. The van der Waals surface area contributed by atoms with E-state index in [1.807, 2.05) is 60.7 Å². The molecule has 0 amide bonds. The van der Waals surface area contributed by atoms with Crippen LogP contribution in [0.3, 0.4) is 0 Å². The van der Waals surface area contributed by atoms with Crippen LogP contribution in [-0.4, -0.2) is 15.7 Å². The molecule has 0 radical (unpaired) electrons. The van der Waals surface area contributed by atoms with Crippen LogP contribution in [0.2, 0.25) is 0 Å². The Bertz CT molecular complexity index is 1480. The molecule has 0 spiro atoms. The lowest BCUT2D eigenvalue weighted by Crippen LogP contribution is -2.21. The number of alkyl halides is 3. The first kappa shape index (κ1) is 27.9. The Hall–Kier alpha value is -5.13. The molecular weight excluding hydrogens is 529 g/mol. The third-order valence-corrected chi connectivity index (χ3v) is 5.50. The van der Waals surface area contributed by atoms with E-state index in [-0.39, 0.29) is 42.6 Å². The molecule has 0 unspecified atom stereocenters.